The lowest BCUT2D eigenvalue weighted by Gasteiger charge is -2.14. The predicted octanol–water partition coefficient (Wildman–Crippen LogP) is 5.98. The number of likely N-dealkylation sites (N-methyl/N-ethyl adjacent to an activating group) is 1. The summed E-state index contributed by atoms with van der Waals surface area (Å²) in [5, 5.41) is 6.74. The Kier molecular flexibility index (Phi) is 20.3. The largest absolute Gasteiger partial charge is 0.497 e. The second-order valence-electron chi connectivity index (χ2n) is 8.69. The number of benzene rings is 1. The first-order valence-corrected chi connectivity index (χ1v) is 12.1. The topological polar surface area (TPSA) is 76.4 Å². The number of halogens is 1. The van der Waals surface area contributed by atoms with Gasteiger partial charge in [-0.15, -0.1) is 0 Å². The predicted molar refractivity (Wildman–Crippen MR) is 150 cm³/mol. The summed E-state index contributed by atoms with van der Waals surface area (Å²) in [6, 6.07) is 6.44. The summed E-state index contributed by atoms with van der Waals surface area (Å²) in [4.78, 5) is 8.00. The molecule has 0 amide bonds. The molecule has 6 heteroatoms. The Hall–Kier alpha value is -2.70. The molecule has 0 radical (unpaired) electrons. The zero-order valence-corrected chi connectivity index (χ0v) is 23.1. The lowest BCUT2D eigenvalue weighted by molar-refractivity contribution is -0.0980. The minimum absolute atomic E-state index is 0.0949. The number of rotatable bonds is 8. The molecule has 0 saturated carbocycles. The van der Waals surface area contributed by atoms with Crippen LogP contribution in [0.15, 0.2) is 60.1 Å². The molecule has 1 aromatic carbocycles. The second kappa shape index (κ2) is 20.7. The first kappa shape index (κ1) is 34.5. The van der Waals surface area contributed by atoms with Crippen LogP contribution >= 0.6 is 0 Å². The quantitative estimate of drug-likeness (QED) is 0.392. The number of ether oxygens (including phenoxy) is 1. The minimum atomic E-state index is -0.456. The number of hydrogen-bond acceptors (Lipinski definition) is 5. The van der Waals surface area contributed by atoms with Crippen LogP contribution in [0.3, 0.4) is 0 Å². The van der Waals surface area contributed by atoms with Crippen LogP contribution in [0.4, 0.5) is 4.39 Å². The summed E-state index contributed by atoms with van der Waals surface area (Å²) in [5.74, 6) is 1.31. The van der Waals surface area contributed by atoms with E-state index in [4.69, 9.17) is 15.3 Å². The maximum Gasteiger partial charge on any atom is 0.119 e. The third-order valence-corrected chi connectivity index (χ3v) is 4.55. The lowest BCUT2D eigenvalue weighted by Crippen LogP contribution is -2.19. The molecule has 0 spiro atoms. The highest BCUT2D eigenvalue weighted by molar-refractivity contribution is 5.81. The van der Waals surface area contributed by atoms with E-state index >= 15 is 0 Å². The van der Waals surface area contributed by atoms with E-state index in [-0.39, 0.29) is 6.04 Å². The molecule has 0 aliphatic carbocycles. The van der Waals surface area contributed by atoms with Crippen molar-refractivity contribution in [3.05, 3.63) is 71.2 Å². The van der Waals surface area contributed by atoms with Gasteiger partial charge in [0.25, 0.3) is 0 Å². The second-order valence-corrected chi connectivity index (χ2v) is 8.69. The van der Waals surface area contributed by atoms with Crippen molar-refractivity contribution < 1.29 is 13.9 Å². The Morgan fingerprint density at radius 2 is 1.86 bits per heavy atom. The normalized spacial score (nSPS) is 13.6. The first-order valence-electron chi connectivity index (χ1n) is 12.1. The van der Waals surface area contributed by atoms with Gasteiger partial charge in [0.1, 0.15) is 18.4 Å². The van der Waals surface area contributed by atoms with Crippen molar-refractivity contribution in [3.8, 4) is 5.75 Å². The van der Waals surface area contributed by atoms with Crippen LogP contribution in [-0.4, -0.2) is 40.1 Å². The Balaban J connectivity index is 0. The fourth-order valence-corrected chi connectivity index (χ4v) is 3.15. The van der Waals surface area contributed by atoms with Gasteiger partial charge in [-0.25, -0.2) is 4.39 Å². The molecule has 0 fully saturated rings. The van der Waals surface area contributed by atoms with Gasteiger partial charge in [0, 0.05) is 24.8 Å². The molecule has 0 aromatic heterocycles. The maximum absolute atomic E-state index is 11.7. The Bertz CT molecular complexity index is 802. The molecule has 1 aliphatic heterocycles. The number of aryl methyl sites for hydroxylation is 1. The zero-order valence-electron chi connectivity index (χ0n) is 23.1. The Morgan fingerprint density at radius 1 is 1.26 bits per heavy atom. The van der Waals surface area contributed by atoms with E-state index in [2.05, 4.69) is 76.1 Å². The molecule has 35 heavy (non-hydrogen) atoms. The first-order chi connectivity index (χ1) is 16.6. The summed E-state index contributed by atoms with van der Waals surface area (Å²) in [6.07, 6.45) is 7.11. The van der Waals surface area contributed by atoms with E-state index in [0.717, 1.165) is 37.6 Å². The van der Waals surface area contributed by atoms with Crippen molar-refractivity contribution in [2.75, 3.05) is 27.2 Å². The number of carbonyl (C=O) groups is 1. The van der Waals surface area contributed by atoms with Crippen LogP contribution in [0.1, 0.15) is 59.1 Å². The standard InChI is InChI=1S/C18H26N2O.C6H10FN.C4H10.CH2O/c1-5-13-9-14(11-15(10-13)21-4)16(6-2)17-7-8-20-18(17)12-19-3;1-5(7)3-4-6(2)8;1-4(2)3;1-2/h6,9-11,19-20H,5,7-8,12H2,1-4H3;3-4,6H,1,8H2,2H3;4H,1-3H3;1H2/b16-6-;4-3-;;. The van der Waals surface area contributed by atoms with Gasteiger partial charge in [0.15, 0.2) is 0 Å². The lowest BCUT2D eigenvalue weighted by atomic mass is 9.93. The molecule has 0 saturated heterocycles. The van der Waals surface area contributed by atoms with Gasteiger partial charge in [0.2, 0.25) is 0 Å². The van der Waals surface area contributed by atoms with Gasteiger partial charge in [-0.2, -0.15) is 0 Å². The molecule has 1 heterocycles. The number of nitrogens with two attached hydrogens (primary N) is 1. The number of hydrogen-bond donors (Lipinski definition) is 3. The Morgan fingerprint density at radius 3 is 2.26 bits per heavy atom. The summed E-state index contributed by atoms with van der Waals surface area (Å²) >= 11 is 0. The molecule has 198 valence electrons. The van der Waals surface area contributed by atoms with E-state index in [1.807, 2.05) is 13.8 Å². The number of nitrogens with one attached hydrogen (secondary N) is 2. The fourth-order valence-electron chi connectivity index (χ4n) is 3.15. The summed E-state index contributed by atoms with van der Waals surface area (Å²) < 4.78 is 17.2. The van der Waals surface area contributed by atoms with Crippen molar-refractivity contribution in [2.45, 2.75) is 60.4 Å². The van der Waals surface area contributed by atoms with Crippen LogP contribution < -0.4 is 21.1 Å². The number of methoxy groups -OCH3 is 1. The van der Waals surface area contributed by atoms with E-state index < -0.39 is 5.83 Å². The molecule has 1 atom stereocenters. The molecule has 1 aliphatic rings. The van der Waals surface area contributed by atoms with Crippen LogP contribution in [0, 0.1) is 5.92 Å². The van der Waals surface area contributed by atoms with Crippen LogP contribution in [-0.2, 0) is 11.2 Å². The van der Waals surface area contributed by atoms with Crippen molar-refractivity contribution >= 4 is 12.4 Å². The van der Waals surface area contributed by atoms with Crippen LogP contribution in [0.5, 0.6) is 5.75 Å². The number of carbonyl (C=O) groups excluding carboxylic acids is 1. The van der Waals surface area contributed by atoms with Crippen LogP contribution in [0.2, 0.25) is 0 Å². The van der Waals surface area contributed by atoms with Crippen molar-refractivity contribution in [1.29, 1.82) is 0 Å². The molecule has 5 nitrogen and oxygen atoms in total. The van der Waals surface area contributed by atoms with Gasteiger partial charge in [0.05, 0.1) is 7.11 Å². The van der Waals surface area contributed by atoms with Crippen molar-refractivity contribution in [2.24, 2.45) is 11.7 Å². The fraction of sp³-hybridized carbons (Fsp3) is 0.483. The van der Waals surface area contributed by atoms with Gasteiger partial charge in [-0.1, -0.05) is 52.5 Å². The summed E-state index contributed by atoms with van der Waals surface area (Å²) in [5.41, 5.74) is 11.9. The minimum Gasteiger partial charge on any atom is -0.497 e. The third kappa shape index (κ3) is 15.8. The van der Waals surface area contributed by atoms with Gasteiger partial charge in [-0.05, 0) is 80.1 Å². The smallest absolute Gasteiger partial charge is 0.119 e. The highest BCUT2D eigenvalue weighted by Gasteiger charge is 2.18. The molecule has 4 N–H and O–H groups in total. The average molecular weight is 490 g/mol. The summed E-state index contributed by atoms with van der Waals surface area (Å²) in [7, 11) is 3.72. The third-order valence-electron chi connectivity index (χ3n) is 4.55. The van der Waals surface area contributed by atoms with Gasteiger partial charge in [-0.3, -0.25) is 0 Å². The van der Waals surface area contributed by atoms with E-state index in [0.29, 0.717) is 0 Å². The number of allylic oxidation sites excluding steroid dienone is 4. The van der Waals surface area contributed by atoms with E-state index in [9.17, 15) is 4.39 Å². The molecular formula is C29H48FN3O2. The van der Waals surface area contributed by atoms with Gasteiger partial charge < -0.3 is 25.9 Å². The maximum atomic E-state index is 11.7. The van der Waals surface area contributed by atoms with Crippen molar-refractivity contribution in [3.63, 3.8) is 0 Å². The zero-order chi connectivity index (χ0) is 27.4. The van der Waals surface area contributed by atoms with Gasteiger partial charge >= 0.3 is 0 Å². The SMILES string of the molecule is C/C=C(\C1=C(CNC)NCC1)c1cc(CC)cc(OC)c1.C=C(F)/C=C\C(C)N.C=O.CC(C)C. The summed E-state index contributed by atoms with van der Waals surface area (Å²) in [6.45, 7) is 19.5. The molecule has 2 rings (SSSR count). The monoisotopic (exact) mass is 489 g/mol. The average Bonchev–Trinajstić information content (AvgIpc) is 3.27. The molecular weight excluding hydrogens is 441 g/mol. The molecule has 1 aromatic rings. The molecule has 1 unspecified atom stereocenters. The Labute approximate surface area is 213 Å². The van der Waals surface area contributed by atoms with Crippen LogP contribution in [0.25, 0.3) is 5.57 Å². The highest BCUT2D eigenvalue weighted by Crippen LogP contribution is 2.32. The van der Waals surface area contributed by atoms with Crippen molar-refractivity contribution in [1.82, 2.24) is 10.6 Å². The van der Waals surface area contributed by atoms with E-state index in [1.54, 1.807) is 20.1 Å². The molecule has 0 bridgehead atoms. The highest BCUT2D eigenvalue weighted by atomic mass is 19.1. The van der Waals surface area contributed by atoms with E-state index in [1.165, 1.54) is 34.0 Å².